The molecule has 0 saturated heterocycles. The molecule has 0 aliphatic carbocycles. The number of benzene rings is 2. The summed E-state index contributed by atoms with van der Waals surface area (Å²) in [7, 11) is 0. The first-order chi connectivity index (χ1) is 6.59. The molecule has 0 bridgehead atoms. The molecule has 0 heterocycles. The van der Waals surface area contributed by atoms with Gasteiger partial charge in [0.15, 0.2) is 17.4 Å². The zero-order chi connectivity index (χ0) is 10.3. The highest BCUT2D eigenvalue weighted by molar-refractivity contribution is 5.86. The van der Waals surface area contributed by atoms with Gasteiger partial charge in [0, 0.05) is 5.39 Å². The van der Waals surface area contributed by atoms with Crippen LogP contribution in [0.2, 0.25) is 0 Å². The molecule has 0 aliphatic heterocycles. The van der Waals surface area contributed by atoms with Crippen LogP contribution in [-0.4, -0.2) is 10.2 Å². The van der Waals surface area contributed by atoms with Gasteiger partial charge in [0.1, 0.15) is 5.75 Å². The lowest BCUT2D eigenvalue weighted by Crippen LogP contribution is -1.85. The molecule has 2 N–H and O–H groups in total. The second kappa shape index (κ2) is 2.83. The van der Waals surface area contributed by atoms with Gasteiger partial charge in [-0.15, -0.1) is 0 Å². The fraction of sp³-hybridized carbons (Fsp3) is 0. The molecule has 2 aromatic carbocycles. The van der Waals surface area contributed by atoms with Gasteiger partial charge in [-0.3, -0.25) is 0 Å². The number of phenolic OH excluding ortho intramolecular Hbond substituents is 2. The summed E-state index contributed by atoms with van der Waals surface area (Å²) in [5.41, 5.74) is 0. The monoisotopic (exact) mass is 196 g/mol. The van der Waals surface area contributed by atoms with Crippen molar-refractivity contribution < 1.29 is 19.0 Å². The largest absolute Gasteiger partial charge is 0.508 e. The molecule has 0 fully saturated rings. The molecule has 0 atom stereocenters. The fourth-order valence-corrected chi connectivity index (χ4v) is 1.31. The lowest BCUT2D eigenvalue weighted by Gasteiger charge is -2.03. The van der Waals surface area contributed by atoms with Gasteiger partial charge in [-0.1, -0.05) is 0 Å². The molecular weight excluding hydrogens is 190 g/mol. The lowest BCUT2D eigenvalue weighted by atomic mass is 10.1. The summed E-state index contributed by atoms with van der Waals surface area (Å²) in [6.07, 6.45) is 0. The van der Waals surface area contributed by atoms with E-state index in [1.165, 1.54) is 18.2 Å². The second-order valence-electron chi connectivity index (χ2n) is 2.93. The van der Waals surface area contributed by atoms with Crippen LogP contribution in [-0.2, 0) is 0 Å². The molecule has 72 valence electrons. The summed E-state index contributed by atoms with van der Waals surface area (Å²) in [6, 6.07) is 4.73. The molecule has 0 spiro atoms. The molecule has 4 heteroatoms. The van der Waals surface area contributed by atoms with Crippen molar-refractivity contribution in [1.29, 1.82) is 0 Å². The Labute approximate surface area is 78.0 Å². The van der Waals surface area contributed by atoms with Crippen LogP contribution in [0.15, 0.2) is 24.3 Å². The van der Waals surface area contributed by atoms with Gasteiger partial charge in [0.25, 0.3) is 0 Å². The second-order valence-corrected chi connectivity index (χ2v) is 2.93. The Morgan fingerprint density at radius 1 is 1.00 bits per heavy atom. The standard InChI is InChI=1S/C10H6F2O2/c11-8-4-5-3-6(13)1-2-7(5)9(12)10(8)14/h1-4,13-14H. The van der Waals surface area contributed by atoms with Crippen molar-refractivity contribution in [3.8, 4) is 11.5 Å². The maximum atomic E-state index is 13.2. The maximum Gasteiger partial charge on any atom is 0.188 e. The van der Waals surface area contributed by atoms with Gasteiger partial charge >= 0.3 is 0 Å². The first-order valence-corrected chi connectivity index (χ1v) is 3.89. The zero-order valence-electron chi connectivity index (χ0n) is 6.96. The predicted molar refractivity (Wildman–Crippen MR) is 47.2 cm³/mol. The molecule has 0 radical (unpaired) electrons. The number of hydrogen-bond acceptors (Lipinski definition) is 2. The summed E-state index contributed by atoms with van der Waals surface area (Å²) in [4.78, 5) is 0. The van der Waals surface area contributed by atoms with Crippen molar-refractivity contribution in [3.63, 3.8) is 0 Å². The predicted octanol–water partition coefficient (Wildman–Crippen LogP) is 2.53. The van der Waals surface area contributed by atoms with Crippen molar-refractivity contribution in [2.24, 2.45) is 0 Å². The lowest BCUT2D eigenvalue weighted by molar-refractivity contribution is 0.400. The minimum absolute atomic E-state index is 0.0710. The number of aromatic hydroxyl groups is 2. The number of fused-ring (bicyclic) bond motifs is 1. The molecule has 14 heavy (non-hydrogen) atoms. The van der Waals surface area contributed by atoms with Crippen molar-refractivity contribution >= 4 is 10.8 Å². The molecule has 2 aromatic rings. The smallest absolute Gasteiger partial charge is 0.188 e. The Kier molecular flexibility index (Phi) is 1.77. The number of halogens is 2. The third-order valence-electron chi connectivity index (χ3n) is 1.99. The molecule has 0 aliphatic rings. The molecule has 0 saturated carbocycles. The van der Waals surface area contributed by atoms with Gasteiger partial charge < -0.3 is 10.2 Å². The Morgan fingerprint density at radius 2 is 1.71 bits per heavy atom. The molecule has 0 unspecified atom stereocenters. The first kappa shape index (κ1) is 8.74. The zero-order valence-corrected chi connectivity index (χ0v) is 6.96. The summed E-state index contributed by atoms with van der Waals surface area (Å²) < 4.78 is 26.1. The average molecular weight is 196 g/mol. The van der Waals surface area contributed by atoms with E-state index in [1.807, 2.05) is 0 Å². The van der Waals surface area contributed by atoms with Gasteiger partial charge in [-0.05, 0) is 29.7 Å². The SMILES string of the molecule is Oc1ccc2c(F)c(O)c(F)cc2c1. The van der Waals surface area contributed by atoms with Crippen molar-refractivity contribution in [2.75, 3.05) is 0 Å². The third kappa shape index (κ3) is 1.16. The van der Waals surface area contributed by atoms with Crippen LogP contribution < -0.4 is 0 Å². The van der Waals surface area contributed by atoms with Crippen LogP contribution in [0.4, 0.5) is 8.78 Å². The van der Waals surface area contributed by atoms with Gasteiger partial charge in [0.2, 0.25) is 0 Å². The fourth-order valence-electron chi connectivity index (χ4n) is 1.31. The van der Waals surface area contributed by atoms with E-state index in [4.69, 9.17) is 10.2 Å². The highest BCUT2D eigenvalue weighted by atomic mass is 19.1. The summed E-state index contributed by atoms with van der Waals surface area (Å²) >= 11 is 0. The quantitative estimate of drug-likeness (QED) is 0.679. The van der Waals surface area contributed by atoms with Crippen LogP contribution in [0.5, 0.6) is 11.5 Å². The van der Waals surface area contributed by atoms with E-state index in [0.717, 1.165) is 6.07 Å². The van der Waals surface area contributed by atoms with E-state index in [0.29, 0.717) is 0 Å². The Bertz CT molecular complexity index is 509. The van der Waals surface area contributed by atoms with E-state index in [2.05, 4.69) is 0 Å². The normalized spacial score (nSPS) is 10.7. The van der Waals surface area contributed by atoms with Gasteiger partial charge in [-0.25, -0.2) is 8.78 Å². The topological polar surface area (TPSA) is 40.5 Å². The molecule has 2 nitrogen and oxygen atoms in total. The molecular formula is C10H6F2O2. The summed E-state index contributed by atoms with van der Waals surface area (Å²) in [5, 5.41) is 18.3. The van der Waals surface area contributed by atoms with E-state index >= 15 is 0 Å². The summed E-state index contributed by atoms with van der Waals surface area (Å²) in [6.45, 7) is 0. The molecule has 0 aromatic heterocycles. The minimum Gasteiger partial charge on any atom is -0.508 e. The van der Waals surface area contributed by atoms with Crippen molar-refractivity contribution in [3.05, 3.63) is 35.9 Å². The average Bonchev–Trinajstić information content (AvgIpc) is 2.14. The van der Waals surface area contributed by atoms with Crippen LogP contribution in [0.3, 0.4) is 0 Å². The van der Waals surface area contributed by atoms with E-state index in [-0.39, 0.29) is 16.5 Å². The van der Waals surface area contributed by atoms with Crippen LogP contribution in [0, 0.1) is 11.6 Å². The summed E-state index contributed by atoms with van der Waals surface area (Å²) in [5.74, 6) is -3.13. The maximum absolute atomic E-state index is 13.2. The number of rotatable bonds is 0. The van der Waals surface area contributed by atoms with Gasteiger partial charge in [-0.2, -0.15) is 0 Å². The van der Waals surface area contributed by atoms with E-state index in [9.17, 15) is 8.78 Å². The number of hydrogen-bond donors (Lipinski definition) is 2. The van der Waals surface area contributed by atoms with E-state index in [1.54, 1.807) is 0 Å². The first-order valence-electron chi connectivity index (χ1n) is 3.89. The molecule has 2 rings (SSSR count). The van der Waals surface area contributed by atoms with Crippen LogP contribution >= 0.6 is 0 Å². The highest BCUT2D eigenvalue weighted by Gasteiger charge is 2.12. The highest BCUT2D eigenvalue weighted by Crippen LogP contribution is 2.30. The Balaban J connectivity index is 2.91. The van der Waals surface area contributed by atoms with Crippen molar-refractivity contribution in [2.45, 2.75) is 0 Å². The Morgan fingerprint density at radius 3 is 2.43 bits per heavy atom. The third-order valence-corrected chi connectivity index (χ3v) is 1.99. The van der Waals surface area contributed by atoms with Crippen LogP contribution in [0.25, 0.3) is 10.8 Å². The Hall–Kier alpha value is -1.84. The van der Waals surface area contributed by atoms with E-state index < -0.39 is 17.4 Å². The minimum atomic E-state index is -1.04. The van der Waals surface area contributed by atoms with Gasteiger partial charge in [0.05, 0.1) is 0 Å². The van der Waals surface area contributed by atoms with Crippen molar-refractivity contribution in [1.82, 2.24) is 0 Å². The van der Waals surface area contributed by atoms with Crippen LogP contribution in [0.1, 0.15) is 0 Å². The number of phenols is 2. The molecule has 0 amide bonds.